The second-order valence-electron chi connectivity index (χ2n) is 10.7. The number of carbonyl (C=O) groups is 2. The largest absolute Gasteiger partial charge is 0.440 e. The van der Waals surface area contributed by atoms with Gasteiger partial charge >= 0.3 is 6.09 Å². The van der Waals surface area contributed by atoms with Crippen LogP contribution in [0.5, 0.6) is 0 Å². The summed E-state index contributed by atoms with van der Waals surface area (Å²) in [5.41, 5.74) is 1.41. The Bertz CT molecular complexity index is 1450. The summed E-state index contributed by atoms with van der Waals surface area (Å²) < 4.78 is 15.2. The number of cyclic esters (lactones) is 1. The molecule has 0 bridgehead atoms. The third-order valence-corrected chi connectivity index (χ3v) is 8.47. The number of nitrogens with one attached hydrogen (secondary N) is 1. The molecule has 0 saturated carbocycles. The predicted molar refractivity (Wildman–Crippen MR) is 158 cm³/mol. The Kier molecular flexibility index (Phi) is 7.68. The molecule has 208 valence electrons. The molecule has 2 aliphatic rings. The molecular weight excluding hydrogens is 524 g/mol. The summed E-state index contributed by atoms with van der Waals surface area (Å²) in [4.78, 5) is 28.7. The van der Waals surface area contributed by atoms with Crippen molar-refractivity contribution in [2.75, 3.05) is 6.26 Å². The fourth-order valence-electron chi connectivity index (χ4n) is 5.16. The Morgan fingerprint density at radius 3 is 2.25 bits per heavy atom. The van der Waals surface area contributed by atoms with Crippen LogP contribution in [0.4, 0.5) is 4.79 Å². The first-order valence-electron chi connectivity index (χ1n) is 13.1. The number of aliphatic hydroxyl groups excluding tert-OH is 1. The molecule has 2 amide bonds. The number of nitrogens with zero attached hydrogens (tertiary/aromatic N) is 1. The van der Waals surface area contributed by atoms with E-state index in [0.29, 0.717) is 5.70 Å². The van der Waals surface area contributed by atoms with Gasteiger partial charge in [0.05, 0.1) is 12.3 Å². The molecule has 1 unspecified atom stereocenters. The Morgan fingerprint density at radius 1 is 1.05 bits per heavy atom. The predicted octanol–water partition coefficient (Wildman–Crippen LogP) is 5.59. The van der Waals surface area contributed by atoms with Crippen LogP contribution in [0, 0.1) is 0 Å². The highest BCUT2D eigenvalue weighted by Crippen LogP contribution is 2.43. The fraction of sp³-hybridized carbons (Fsp3) is 0.281. The van der Waals surface area contributed by atoms with Crippen LogP contribution in [0.3, 0.4) is 0 Å². The zero-order chi connectivity index (χ0) is 28.5. The van der Waals surface area contributed by atoms with Crippen LogP contribution >= 0.6 is 10.7 Å². The third kappa shape index (κ3) is 5.35. The minimum Gasteiger partial charge on any atom is -0.440 e. The molecule has 1 saturated heterocycles. The number of amides is 2. The summed E-state index contributed by atoms with van der Waals surface area (Å²) in [6, 6.07) is 26.5. The number of benzene rings is 3. The molecule has 2 heterocycles. The van der Waals surface area contributed by atoms with E-state index >= 15 is 0 Å². The van der Waals surface area contributed by atoms with E-state index in [0.717, 1.165) is 27.2 Å². The van der Waals surface area contributed by atoms with Gasteiger partial charge in [-0.3, -0.25) is 4.79 Å². The topological polar surface area (TPSA) is 88.1 Å². The lowest BCUT2D eigenvalue weighted by atomic mass is 9.88. The normalized spacial score (nSPS) is 22.0. The van der Waals surface area contributed by atoms with E-state index in [1.54, 1.807) is 19.9 Å². The third-order valence-electron chi connectivity index (χ3n) is 7.37. The SMILES string of the molecule is CS1=CC=C([C@H](O)[C@](C)(OCc2ccc(-c3ccccc3)cc2)C(=O)N2C(=O)OC(C)(C)[C@@H]2c2ccccc2)N1. The van der Waals surface area contributed by atoms with Crippen LogP contribution in [0.15, 0.2) is 96.7 Å². The molecule has 3 aromatic rings. The van der Waals surface area contributed by atoms with E-state index in [4.69, 9.17) is 9.47 Å². The van der Waals surface area contributed by atoms with Gasteiger partial charge in [0.15, 0.2) is 5.60 Å². The number of ether oxygens (including phenoxy) is 2. The molecule has 0 aliphatic carbocycles. The summed E-state index contributed by atoms with van der Waals surface area (Å²) in [5, 5.41) is 13.5. The summed E-state index contributed by atoms with van der Waals surface area (Å²) in [7, 11) is -0.290. The van der Waals surface area contributed by atoms with Crippen molar-refractivity contribution in [3.05, 3.63) is 108 Å². The van der Waals surface area contributed by atoms with Crippen molar-refractivity contribution < 1.29 is 24.2 Å². The molecule has 0 spiro atoms. The Morgan fingerprint density at radius 2 is 1.65 bits per heavy atom. The molecule has 2 N–H and O–H groups in total. The van der Waals surface area contributed by atoms with Gasteiger partial charge in [0.25, 0.3) is 5.91 Å². The van der Waals surface area contributed by atoms with Crippen LogP contribution in [0.2, 0.25) is 0 Å². The molecular formula is C32H34N2O5S. The Labute approximate surface area is 237 Å². The summed E-state index contributed by atoms with van der Waals surface area (Å²) >= 11 is 0. The van der Waals surface area contributed by atoms with E-state index in [9.17, 15) is 14.7 Å². The van der Waals surface area contributed by atoms with Crippen molar-refractivity contribution in [2.24, 2.45) is 0 Å². The lowest BCUT2D eigenvalue weighted by Gasteiger charge is -2.38. The highest BCUT2D eigenvalue weighted by molar-refractivity contribution is 8.13. The summed E-state index contributed by atoms with van der Waals surface area (Å²) in [6.07, 6.45) is 1.60. The monoisotopic (exact) mass is 558 g/mol. The van der Waals surface area contributed by atoms with Gasteiger partial charge in [-0.25, -0.2) is 9.69 Å². The van der Waals surface area contributed by atoms with Crippen molar-refractivity contribution in [1.82, 2.24) is 9.62 Å². The molecule has 0 aromatic heterocycles. The lowest BCUT2D eigenvalue weighted by Crippen LogP contribution is -2.58. The standard InChI is InChI=1S/C32H34N2O5S/c1-31(2)27(25-13-9-6-10-14-25)34(30(37)39-31)29(36)32(3,28(35)26-19-20-40(4)33-26)38-21-22-15-17-24(18-16-22)23-11-7-5-8-12-23/h5-20,27-28,33,35H,21H2,1-4H3/t27-,28-,32-,40?/m0/s1. The number of carbonyl (C=O) groups excluding carboxylic acids is 2. The van der Waals surface area contributed by atoms with E-state index in [2.05, 4.69) is 4.72 Å². The highest BCUT2D eigenvalue weighted by Gasteiger charge is 2.57. The smallest absolute Gasteiger partial charge is 0.417 e. The molecule has 1 fully saturated rings. The average Bonchev–Trinajstić information content (AvgIpc) is 3.50. The maximum atomic E-state index is 14.4. The number of allylic oxidation sites excluding steroid dienone is 1. The zero-order valence-electron chi connectivity index (χ0n) is 23.0. The average molecular weight is 559 g/mol. The lowest BCUT2D eigenvalue weighted by molar-refractivity contribution is -0.170. The second kappa shape index (κ2) is 11.0. The van der Waals surface area contributed by atoms with Crippen molar-refractivity contribution >= 4 is 28.0 Å². The van der Waals surface area contributed by atoms with Gasteiger partial charge in [-0.15, -0.1) is 10.7 Å². The minimum atomic E-state index is -1.80. The van der Waals surface area contributed by atoms with Gasteiger partial charge in [-0.1, -0.05) is 84.9 Å². The van der Waals surface area contributed by atoms with Crippen LogP contribution in [-0.2, 0) is 20.9 Å². The molecule has 0 radical (unpaired) electrons. The van der Waals surface area contributed by atoms with Gasteiger partial charge in [0, 0.05) is 0 Å². The first-order valence-corrected chi connectivity index (χ1v) is 14.8. The van der Waals surface area contributed by atoms with E-state index in [1.807, 2.05) is 96.6 Å². The first-order chi connectivity index (χ1) is 19.1. The van der Waals surface area contributed by atoms with Gasteiger partial charge in [-0.2, -0.15) is 0 Å². The van der Waals surface area contributed by atoms with E-state index in [1.165, 1.54) is 6.92 Å². The number of hydrogen-bond donors (Lipinski definition) is 2. The Balaban J connectivity index is 1.46. The van der Waals surface area contributed by atoms with Crippen molar-refractivity contribution in [1.29, 1.82) is 0 Å². The molecule has 5 rings (SSSR count). The number of rotatable bonds is 8. The minimum absolute atomic E-state index is 0.0471. The van der Waals surface area contributed by atoms with Crippen molar-refractivity contribution in [2.45, 2.75) is 50.7 Å². The molecule has 4 atom stereocenters. The van der Waals surface area contributed by atoms with Crippen molar-refractivity contribution in [3.8, 4) is 11.1 Å². The molecule has 7 nitrogen and oxygen atoms in total. The second-order valence-corrected chi connectivity index (χ2v) is 12.3. The van der Waals surface area contributed by atoms with Crippen LogP contribution in [-0.4, -0.2) is 50.9 Å². The molecule has 8 heteroatoms. The van der Waals surface area contributed by atoms with Gasteiger partial charge in [0.2, 0.25) is 0 Å². The van der Waals surface area contributed by atoms with Crippen LogP contribution in [0.1, 0.15) is 37.9 Å². The maximum Gasteiger partial charge on any atom is 0.417 e. The summed E-state index contributed by atoms with van der Waals surface area (Å²) in [5.74, 6) is -0.670. The fourth-order valence-corrected chi connectivity index (χ4v) is 6.13. The van der Waals surface area contributed by atoms with Gasteiger partial charge < -0.3 is 19.3 Å². The molecule has 40 heavy (non-hydrogen) atoms. The zero-order valence-corrected chi connectivity index (χ0v) is 23.9. The maximum absolute atomic E-state index is 14.4. The number of imide groups is 1. The molecule has 2 aliphatic heterocycles. The van der Waals surface area contributed by atoms with Crippen LogP contribution in [0.25, 0.3) is 11.1 Å². The van der Waals surface area contributed by atoms with Gasteiger partial charge in [-0.05, 0) is 60.7 Å². The van der Waals surface area contributed by atoms with Crippen molar-refractivity contribution in [3.63, 3.8) is 0 Å². The summed E-state index contributed by atoms with van der Waals surface area (Å²) in [6.45, 7) is 5.13. The van der Waals surface area contributed by atoms with Crippen LogP contribution < -0.4 is 4.72 Å². The Hall–Kier alpha value is -3.72. The quantitative estimate of drug-likeness (QED) is 0.351. The highest BCUT2D eigenvalue weighted by atomic mass is 32.2. The van der Waals surface area contributed by atoms with E-state index in [-0.39, 0.29) is 17.3 Å². The molecule has 3 aromatic carbocycles. The van der Waals surface area contributed by atoms with E-state index < -0.39 is 35.3 Å². The van der Waals surface area contributed by atoms with Gasteiger partial charge in [0.1, 0.15) is 17.7 Å². The number of aliphatic hydroxyl groups is 1. The first kappa shape index (κ1) is 27.8. The number of hydrogen-bond acceptors (Lipinski definition) is 6.